The van der Waals surface area contributed by atoms with E-state index in [1.165, 1.54) is 0 Å². The maximum absolute atomic E-state index is 5.99. The van der Waals surface area contributed by atoms with Gasteiger partial charge in [-0.05, 0) is 11.1 Å². The number of rotatable bonds is 4. The van der Waals surface area contributed by atoms with Gasteiger partial charge in [0.1, 0.15) is 0 Å². The first-order chi connectivity index (χ1) is 8.75. The van der Waals surface area contributed by atoms with Crippen LogP contribution in [0.1, 0.15) is 11.1 Å². The van der Waals surface area contributed by atoms with E-state index in [2.05, 4.69) is 0 Å². The van der Waals surface area contributed by atoms with Gasteiger partial charge in [-0.2, -0.15) is 0 Å². The Morgan fingerprint density at radius 3 is 2.11 bits per heavy atom. The van der Waals surface area contributed by atoms with Crippen molar-refractivity contribution in [3.63, 3.8) is 0 Å². The van der Waals surface area contributed by atoms with Crippen molar-refractivity contribution in [2.45, 2.75) is 6.54 Å². The number of nitrogens with two attached hydrogens (primary N) is 2. The molecule has 4 N–H and O–H groups in total. The zero-order chi connectivity index (χ0) is 12.8. The first-order valence-corrected chi connectivity index (χ1v) is 5.83. The van der Waals surface area contributed by atoms with Gasteiger partial charge in [0.2, 0.25) is 0 Å². The van der Waals surface area contributed by atoms with Gasteiger partial charge in [-0.1, -0.05) is 60.7 Å². The summed E-state index contributed by atoms with van der Waals surface area (Å²) in [6.07, 6.45) is 1.75. The Labute approximate surface area is 107 Å². The normalized spacial score (nSPS) is 11.3. The minimum atomic E-state index is 0.633. The smallest absolute Gasteiger partial charge is 0.0586 e. The number of nitrogens with zero attached hydrogens (tertiary/aromatic N) is 1. The highest BCUT2D eigenvalue weighted by Gasteiger charge is 1.99. The molecule has 0 aliphatic heterocycles. The molecule has 92 valence electrons. The van der Waals surface area contributed by atoms with E-state index >= 15 is 0 Å². The third-order valence-corrected chi connectivity index (χ3v) is 2.62. The fourth-order valence-electron chi connectivity index (χ4n) is 1.72. The molecule has 0 saturated carbocycles. The zero-order valence-corrected chi connectivity index (χ0v) is 10.2. The van der Waals surface area contributed by atoms with Gasteiger partial charge < -0.3 is 10.7 Å². The molecule has 0 fully saturated rings. The predicted octanol–water partition coefficient (Wildman–Crippen LogP) is 2.32. The Kier molecular flexibility index (Phi) is 3.99. The third kappa shape index (κ3) is 3.37. The molecule has 0 atom stereocenters. The van der Waals surface area contributed by atoms with Gasteiger partial charge in [0, 0.05) is 6.20 Å². The van der Waals surface area contributed by atoms with Crippen molar-refractivity contribution in [1.82, 2.24) is 5.01 Å². The van der Waals surface area contributed by atoms with E-state index in [1.54, 1.807) is 11.2 Å². The number of hydrogen-bond donors (Lipinski definition) is 2. The number of hydrazine groups is 1. The maximum Gasteiger partial charge on any atom is 0.0586 e. The molecular formula is C15H17N3. The van der Waals surface area contributed by atoms with Gasteiger partial charge in [0.15, 0.2) is 0 Å². The highest BCUT2D eigenvalue weighted by atomic mass is 15.4. The second kappa shape index (κ2) is 5.89. The summed E-state index contributed by atoms with van der Waals surface area (Å²) in [5, 5.41) is 1.59. The van der Waals surface area contributed by atoms with Crippen LogP contribution < -0.4 is 11.6 Å². The Hall–Kier alpha value is -2.26. The summed E-state index contributed by atoms with van der Waals surface area (Å²) >= 11 is 0. The lowest BCUT2D eigenvalue weighted by Crippen LogP contribution is -2.25. The fourth-order valence-corrected chi connectivity index (χ4v) is 1.72. The average molecular weight is 239 g/mol. The van der Waals surface area contributed by atoms with Crippen molar-refractivity contribution in [3.05, 3.63) is 78.0 Å². The molecule has 3 nitrogen and oxygen atoms in total. The lowest BCUT2D eigenvalue weighted by Gasteiger charge is -2.15. The minimum absolute atomic E-state index is 0.633. The lowest BCUT2D eigenvalue weighted by atomic mass is 10.2. The van der Waals surface area contributed by atoms with E-state index in [0.29, 0.717) is 12.2 Å². The average Bonchev–Trinajstić information content (AvgIpc) is 2.40. The first kappa shape index (κ1) is 12.2. The summed E-state index contributed by atoms with van der Waals surface area (Å²) in [6, 6.07) is 19.8. The lowest BCUT2D eigenvalue weighted by molar-refractivity contribution is 0.388. The molecule has 18 heavy (non-hydrogen) atoms. The van der Waals surface area contributed by atoms with Crippen molar-refractivity contribution in [1.29, 1.82) is 0 Å². The molecule has 3 heteroatoms. The van der Waals surface area contributed by atoms with E-state index < -0.39 is 0 Å². The Bertz CT molecular complexity index is 506. The van der Waals surface area contributed by atoms with Gasteiger partial charge in [-0.25, -0.2) is 5.84 Å². The molecule has 0 aromatic heterocycles. The molecule has 0 spiro atoms. The molecule has 0 bridgehead atoms. The molecule has 0 aliphatic carbocycles. The van der Waals surface area contributed by atoms with Crippen LogP contribution >= 0.6 is 0 Å². The molecule has 2 aromatic rings. The number of hydrogen-bond acceptors (Lipinski definition) is 3. The standard InChI is InChI=1S/C15H17N3/c16-15(14-9-5-2-6-10-14)12-18(17)11-13-7-3-1-4-8-13/h1-10,12H,11,16-17H2/b15-12-. The minimum Gasteiger partial charge on any atom is -0.397 e. The van der Waals surface area contributed by atoms with Crippen molar-refractivity contribution < 1.29 is 0 Å². The van der Waals surface area contributed by atoms with Crippen molar-refractivity contribution >= 4 is 5.70 Å². The van der Waals surface area contributed by atoms with Crippen LogP contribution in [0.25, 0.3) is 5.70 Å². The SMILES string of the molecule is N/C(=C\N(N)Cc1ccccc1)c1ccccc1. The summed E-state index contributed by atoms with van der Waals surface area (Å²) in [7, 11) is 0. The summed E-state index contributed by atoms with van der Waals surface area (Å²) < 4.78 is 0. The maximum atomic E-state index is 5.99. The largest absolute Gasteiger partial charge is 0.397 e. The van der Waals surface area contributed by atoms with Crippen LogP contribution in [-0.2, 0) is 6.54 Å². The van der Waals surface area contributed by atoms with E-state index in [-0.39, 0.29) is 0 Å². The molecule has 0 heterocycles. The second-order valence-electron chi connectivity index (χ2n) is 4.11. The molecule has 0 unspecified atom stereocenters. The van der Waals surface area contributed by atoms with Crippen LogP contribution in [0.5, 0.6) is 0 Å². The Morgan fingerprint density at radius 2 is 1.50 bits per heavy atom. The topological polar surface area (TPSA) is 55.3 Å². The van der Waals surface area contributed by atoms with Gasteiger partial charge in [0.05, 0.1) is 12.2 Å². The van der Waals surface area contributed by atoms with Crippen molar-refractivity contribution in [2.75, 3.05) is 0 Å². The van der Waals surface area contributed by atoms with Crippen LogP contribution in [0, 0.1) is 0 Å². The Balaban J connectivity index is 2.04. The van der Waals surface area contributed by atoms with Crippen LogP contribution in [0.4, 0.5) is 0 Å². The van der Waals surface area contributed by atoms with Crippen molar-refractivity contribution in [2.24, 2.45) is 11.6 Å². The second-order valence-corrected chi connectivity index (χ2v) is 4.11. The molecule has 2 rings (SSSR count). The number of benzene rings is 2. The summed E-state index contributed by atoms with van der Waals surface area (Å²) in [4.78, 5) is 0. The molecular weight excluding hydrogens is 222 g/mol. The predicted molar refractivity (Wildman–Crippen MR) is 74.8 cm³/mol. The molecule has 2 aromatic carbocycles. The molecule has 0 amide bonds. The Morgan fingerprint density at radius 1 is 0.944 bits per heavy atom. The van der Waals surface area contributed by atoms with Gasteiger partial charge >= 0.3 is 0 Å². The van der Waals surface area contributed by atoms with E-state index in [1.807, 2.05) is 60.7 Å². The molecule has 0 aliphatic rings. The van der Waals surface area contributed by atoms with Crippen LogP contribution in [0.15, 0.2) is 66.9 Å². The highest BCUT2D eigenvalue weighted by molar-refractivity contribution is 5.61. The van der Waals surface area contributed by atoms with Gasteiger partial charge in [-0.15, -0.1) is 0 Å². The first-order valence-electron chi connectivity index (χ1n) is 5.83. The zero-order valence-electron chi connectivity index (χ0n) is 10.2. The van der Waals surface area contributed by atoms with E-state index in [9.17, 15) is 0 Å². The van der Waals surface area contributed by atoms with Crippen LogP contribution in [0.2, 0.25) is 0 Å². The summed E-state index contributed by atoms with van der Waals surface area (Å²) in [6.45, 7) is 0.633. The van der Waals surface area contributed by atoms with E-state index in [4.69, 9.17) is 11.6 Å². The van der Waals surface area contributed by atoms with Crippen LogP contribution in [0.3, 0.4) is 0 Å². The third-order valence-electron chi connectivity index (χ3n) is 2.62. The van der Waals surface area contributed by atoms with Gasteiger partial charge in [-0.3, -0.25) is 0 Å². The van der Waals surface area contributed by atoms with E-state index in [0.717, 1.165) is 11.1 Å². The summed E-state index contributed by atoms with van der Waals surface area (Å²) in [5.41, 5.74) is 8.77. The molecule has 0 radical (unpaired) electrons. The van der Waals surface area contributed by atoms with Gasteiger partial charge in [0.25, 0.3) is 0 Å². The summed E-state index contributed by atoms with van der Waals surface area (Å²) in [5.74, 6) is 5.92. The van der Waals surface area contributed by atoms with Crippen LogP contribution in [-0.4, -0.2) is 5.01 Å². The fraction of sp³-hybridized carbons (Fsp3) is 0.0667. The van der Waals surface area contributed by atoms with Crippen molar-refractivity contribution in [3.8, 4) is 0 Å². The highest BCUT2D eigenvalue weighted by Crippen LogP contribution is 2.09. The quantitative estimate of drug-likeness (QED) is 0.636. The molecule has 0 saturated heterocycles. The monoisotopic (exact) mass is 239 g/mol.